The average molecular weight is 445 g/mol. The lowest BCUT2D eigenvalue weighted by Crippen LogP contribution is -2.20. The molecule has 5 heteroatoms. The van der Waals surface area contributed by atoms with Crippen molar-refractivity contribution in [3.63, 3.8) is 0 Å². The van der Waals surface area contributed by atoms with Crippen molar-refractivity contribution < 1.29 is 24.9 Å². The summed E-state index contributed by atoms with van der Waals surface area (Å²) < 4.78 is 5.12. The predicted molar refractivity (Wildman–Crippen MR) is 127 cm³/mol. The molecule has 0 bridgehead atoms. The van der Waals surface area contributed by atoms with E-state index in [0.29, 0.717) is 25.7 Å². The van der Waals surface area contributed by atoms with E-state index in [0.717, 1.165) is 19.3 Å². The first kappa shape index (κ1) is 26.3. The van der Waals surface area contributed by atoms with Crippen molar-refractivity contribution in [1.82, 2.24) is 0 Å². The highest BCUT2D eigenvalue weighted by atomic mass is 16.5. The summed E-state index contributed by atoms with van der Waals surface area (Å²) in [5.74, 6) is -0.425. The predicted octanol–water partition coefficient (Wildman–Crippen LogP) is 4.27. The zero-order valence-corrected chi connectivity index (χ0v) is 19.7. The molecule has 3 N–H and O–H groups in total. The number of aliphatic hydroxyl groups is 3. The number of benzene rings is 1. The van der Waals surface area contributed by atoms with Gasteiger partial charge in [0.15, 0.2) is 0 Å². The van der Waals surface area contributed by atoms with Crippen molar-refractivity contribution in [2.45, 2.75) is 90.1 Å². The highest BCUT2D eigenvalue weighted by molar-refractivity contribution is 5.69. The second kappa shape index (κ2) is 13.6. The second-order valence-electron chi connectivity index (χ2n) is 9.23. The van der Waals surface area contributed by atoms with Gasteiger partial charge in [-0.1, -0.05) is 54.1 Å². The Kier molecular flexibility index (Phi) is 11.1. The number of hydrogen-bond donors (Lipinski definition) is 3. The van der Waals surface area contributed by atoms with E-state index in [1.807, 2.05) is 32.1 Å². The van der Waals surface area contributed by atoms with E-state index in [4.69, 9.17) is 4.74 Å². The third kappa shape index (κ3) is 9.27. The molecule has 32 heavy (non-hydrogen) atoms. The van der Waals surface area contributed by atoms with Crippen LogP contribution in [-0.2, 0) is 16.0 Å². The molecule has 1 aromatic rings. The minimum atomic E-state index is -0.602. The van der Waals surface area contributed by atoms with Gasteiger partial charge >= 0.3 is 5.97 Å². The molecule has 1 saturated carbocycles. The lowest BCUT2D eigenvalue weighted by Gasteiger charge is -2.19. The van der Waals surface area contributed by atoms with Crippen molar-refractivity contribution in [3.8, 4) is 0 Å². The van der Waals surface area contributed by atoms with E-state index in [1.165, 1.54) is 11.1 Å². The van der Waals surface area contributed by atoms with Crippen LogP contribution in [0.15, 0.2) is 48.6 Å². The van der Waals surface area contributed by atoms with Gasteiger partial charge in [0.1, 0.15) is 0 Å². The van der Waals surface area contributed by atoms with Gasteiger partial charge in [0.05, 0.1) is 24.4 Å². The quantitative estimate of drug-likeness (QED) is 0.255. The van der Waals surface area contributed by atoms with Crippen molar-refractivity contribution in [3.05, 3.63) is 59.7 Å². The number of aryl methyl sites for hydroxylation is 2. The van der Waals surface area contributed by atoms with Crippen molar-refractivity contribution in [2.75, 3.05) is 0 Å². The van der Waals surface area contributed by atoms with Crippen LogP contribution in [0.2, 0.25) is 0 Å². The third-order valence-electron chi connectivity index (χ3n) is 6.01. The lowest BCUT2D eigenvalue weighted by molar-refractivity contribution is -0.147. The van der Waals surface area contributed by atoms with Crippen LogP contribution in [0.3, 0.4) is 0 Å². The van der Waals surface area contributed by atoms with Gasteiger partial charge in [-0.3, -0.25) is 4.79 Å². The van der Waals surface area contributed by atoms with E-state index >= 15 is 0 Å². The van der Waals surface area contributed by atoms with Crippen molar-refractivity contribution in [1.29, 1.82) is 0 Å². The van der Waals surface area contributed by atoms with E-state index < -0.39 is 18.3 Å². The molecule has 5 atom stereocenters. The summed E-state index contributed by atoms with van der Waals surface area (Å²) in [7, 11) is 0. The number of carbonyl (C=O) groups is 1. The molecular formula is C27H40O5. The number of rotatable bonds is 12. The SMILES string of the molecule is Cc1ccc(CCC(O)/C=C/[C@H]2C(O)CC(O)[C@@H]2C/C=C\CCCC(=O)OC(C)C)cc1. The number of ether oxygens (including phenoxy) is 1. The fraction of sp³-hybridized carbons (Fsp3) is 0.593. The Balaban J connectivity index is 1.77. The lowest BCUT2D eigenvalue weighted by atomic mass is 9.89. The Bertz CT molecular complexity index is 737. The van der Waals surface area contributed by atoms with Gasteiger partial charge in [-0.2, -0.15) is 0 Å². The summed E-state index contributed by atoms with van der Waals surface area (Å²) in [4.78, 5) is 11.5. The first-order valence-corrected chi connectivity index (χ1v) is 11.9. The van der Waals surface area contributed by atoms with Crippen LogP contribution in [0, 0.1) is 18.8 Å². The molecule has 0 heterocycles. The van der Waals surface area contributed by atoms with Crippen LogP contribution >= 0.6 is 0 Å². The largest absolute Gasteiger partial charge is 0.463 e. The van der Waals surface area contributed by atoms with Crippen molar-refractivity contribution in [2.24, 2.45) is 11.8 Å². The van der Waals surface area contributed by atoms with Crippen LogP contribution in [0.5, 0.6) is 0 Å². The van der Waals surface area contributed by atoms with Crippen LogP contribution in [0.4, 0.5) is 0 Å². The fourth-order valence-electron chi connectivity index (χ4n) is 4.19. The topological polar surface area (TPSA) is 87.0 Å². The number of esters is 1. The first-order chi connectivity index (χ1) is 15.3. The number of hydrogen-bond acceptors (Lipinski definition) is 5. The Labute approximate surface area is 192 Å². The van der Waals surface area contributed by atoms with Crippen LogP contribution in [0.1, 0.15) is 63.5 Å². The molecule has 178 valence electrons. The van der Waals surface area contributed by atoms with Gasteiger partial charge in [-0.05, 0) is 64.4 Å². The number of unbranched alkanes of at least 4 members (excludes halogenated alkanes) is 1. The van der Waals surface area contributed by atoms with E-state index in [9.17, 15) is 20.1 Å². The number of allylic oxidation sites excluding steroid dienone is 2. The van der Waals surface area contributed by atoms with Crippen molar-refractivity contribution >= 4 is 5.97 Å². The second-order valence-corrected chi connectivity index (χ2v) is 9.23. The van der Waals surface area contributed by atoms with Crippen LogP contribution in [0.25, 0.3) is 0 Å². The summed E-state index contributed by atoms with van der Waals surface area (Å²) in [5.41, 5.74) is 2.41. The maximum absolute atomic E-state index is 11.5. The zero-order valence-electron chi connectivity index (χ0n) is 19.7. The fourth-order valence-corrected chi connectivity index (χ4v) is 4.19. The third-order valence-corrected chi connectivity index (χ3v) is 6.01. The van der Waals surface area contributed by atoms with Gasteiger partial charge in [-0.25, -0.2) is 0 Å². The van der Waals surface area contributed by atoms with Gasteiger partial charge < -0.3 is 20.1 Å². The minimum absolute atomic E-state index is 0.0762. The monoisotopic (exact) mass is 444 g/mol. The van der Waals surface area contributed by atoms with Gasteiger partial charge in [0.2, 0.25) is 0 Å². The summed E-state index contributed by atoms with van der Waals surface area (Å²) in [5, 5.41) is 31.1. The molecule has 1 aromatic carbocycles. The molecular weight excluding hydrogens is 404 g/mol. The Hall–Kier alpha value is -1.95. The maximum Gasteiger partial charge on any atom is 0.306 e. The highest BCUT2D eigenvalue weighted by Gasteiger charge is 2.39. The molecule has 0 aliphatic heterocycles. The Morgan fingerprint density at radius 3 is 2.56 bits per heavy atom. The molecule has 0 aromatic heterocycles. The molecule has 3 unspecified atom stereocenters. The first-order valence-electron chi connectivity index (χ1n) is 11.9. The molecule has 0 radical (unpaired) electrons. The van der Waals surface area contributed by atoms with E-state index in [1.54, 1.807) is 6.08 Å². The van der Waals surface area contributed by atoms with Crippen LogP contribution < -0.4 is 0 Å². The average Bonchev–Trinajstić information content (AvgIpc) is 3.00. The molecule has 1 aliphatic carbocycles. The summed E-state index contributed by atoms with van der Waals surface area (Å²) in [6.07, 6.45) is 10.2. The number of carbonyl (C=O) groups excluding carboxylic acids is 1. The van der Waals surface area contributed by atoms with Gasteiger partial charge in [-0.15, -0.1) is 0 Å². The molecule has 5 nitrogen and oxygen atoms in total. The molecule has 1 aliphatic rings. The summed E-state index contributed by atoms with van der Waals surface area (Å²) in [6.45, 7) is 5.73. The normalized spacial score (nSPS) is 24.6. The molecule has 1 fully saturated rings. The standard InChI is InChI=1S/C27H40O5/c1-19(2)32-27(31)9-7-5-4-6-8-23-24(26(30)18-25(23)29)17-16-22(28)15-14-21-12-10-20(3)11-13-21/h4,6,10-13,16-17,19,22-26,28-30H,5,7-9,14-15,18H2,1-3H3/b6-4-,17-16+/t22?,23-,24-,25?,26?/m1/s1. The van der Waals surface area contributed by atoms with Crippen LogP contribution in [-0.4, -0.2) is 45.7 Å². The smallest absolute Gasteiger partial charge is 0.306 e. The molecule has 0 spiro atoms. The molecule has 0 saturated heterocycles. The Morgan fingerprint density at radius 1 is 1.16 bits per heavy atom. The molecule has 2 rings (SSSR count). The molecule has 0 amide bonds. The van der Waals surface area contributed by atoms with E-state index in [2.05, 4.69) is 31.2 Å². The Morgan fingerprint density at radius 2 is 1.88 bits per heavy atom. The highest BCUT2D eigenvalue weighted by Crippen LogP contribution is 2.36. The maximum atomic E-state index is 11.5. The minimum Gasteiger partial charge on any atom is -0.463 e. The zero-order chi connectivity index (χ0) is 23.5. The van der Waals surface area contributed by atoms with Gasteiger partial charge in [0, 0.05) is 18.8 Å². The number of aliphatic hydroxyl groups excluding tert-OH is 3. The summed E-state index contributed by atoms with van der Waals surface area (Å²) in [6, 6.07) is 8.31. The van der Waals surface area contributed by atoms with Gasteiger partial charge in [0.25, 0.3) is 0 Å². The van der Waals surface area contributed by atoms with E-state index in [-0.39, 0.29) is 23.9 Å². The summed E-state index contributed by atoms with van der Waals surface area (Å²) >= 11 is 0.